The first kappa shape index (κ1) is 20.9. The smallest absolute Gasteiger partial charge is 0.240 e. The monoisotopic (exact) mass is 418 g/mol. The Hall–Kier alpha value is -1.40. The standard InChI is InChI=1S/C23H34N2O3S/c1-23(2,25-29-20-13-18(27-3)7-8-19(20)28-4)22(26)24-21-16-6-5-14-9-15(11-16)12-17(21)10-14/h7-8,13-17,21,25H,5-6,9-12H2,1-4H3,(H,24,26). The van der Waals surface area contributed by atoms with Crippen molar-refractivity contribution in [2.45, 2.75) is 68.8 Å². The van der Waals surface area contributed by atoms with E-state index in [1.807, 2.05) is 32.0 Å². The molecule has 6 heteroatoms. The van der Waals surface area contributed by atoms with Crippen LogP contribution in [0.2, 0.25) is 0 Å². The molecule has 4 fully saturated rings. The van der Waals surface area contributed by atoms with Crippen molar-refractivity contribution < 1.29 is 14.3 Å². The molecule has 0 aliphatic heterocycles. The van der Waals surface area contributed by atoms with Crippen molar-refractivity contribution in [3.63, 3.8) is 0 Å². The number of rotatable bonds is 7. The van der Waals surface area contributed by atoms with Gasteiger partial charge in [0.2, 0.25) is 5.91 Å². The van der Waals surface area contributed by atoms with E-state index in [0.29, 0.717) is 17.9 Å². The molecule has 5 atom stereocenters. The van der Waals surface area contributed by atoms with Gasteiger partial charge in [0.25, 0.3) is 0 Å². The Morgan fingerprint density at radius 1 is 1.03 bits per heavy atom. The first-order valence-electron chi connectivity index (χ1n) is 10.9. The van der Waals surface area contributed by atoms with Crippen LogP contribution in [0.4, 0.5) is 0 Å². The zero-order valence-corrected chi connectivity index (χ0v) is 18.8. The van der Waals surface area contributed by atoms with E-state index >= 15 is 0 Å². The maximum Gasteiger partial charge on any atom is 0.240 e. The first-order valence-corrected chi connectivity index (χ1v) is 11.7. The molecule has 160 valence electrons. The number of hydrogen-bond acceptors (Lipinski definition) is 5. The van der Waals surface area contributed by atoms with Crippen LogP contribution in [0.25, 0.3) is 0 Å². The van der Waals surface area contributed by atoms with E-state index in [1.54, 1.807) is 14.2 Å². The highest BCUT2D eigenvalue weighted by atomic mass is 32.2. The SMILES string of the molecule is COc1ccc(OC)c(SNC(C)(C)C(=O)NC2C3CCC4CC(C3)CC2C4)c1. The van der Waals surface area contributed by atoms with Crippen LogP contribution in [0, 0.1) is 23.7 Å². The summed E-state index contributed by atoms with van der Waals surface area (Å²) in [4.78, 5) is 14.1. The normalized spacial score (nSPS) is 30.7. The minimum absolute atomic E-state index is 0.0873. The molecule has 4 aliphatic rings. The Morgan fingerprint density at radius 3 is 2.55 bits per heavy atom. The van der Waals surface area contributed by atoms with Gasteiger partial charge in [0.05, 0.1) is 19.1 Å². The van der Waals surface area contributed by atoms with Gasteiger partial charge in [-0.2, -0.15) is 0 Å². The molecule has 4 saturated carbocycles. The van der Waals surface area contributed by atoms with Crippen molar-refractivity contribution in [3.8, 4) is 11.5 Å². The third-order valence-corrected chi connectivity index (χ3v) is 8.34. The van der Waals surface area contributed by atoms with Crippen LogP contribution in [0.5, 0.6) is 11.5 Å². The maximum absolute atomic E-state index is 13.2. The van der Waals surface area contributed by atoms with Gasteiger partial charge in [0.1, 0.15) is 17.0 Å². The highest BCUT2D eigenvalue weighted by molar-refractivity contribution is 7.97. The van der Waals surface area contributed by atoms with E-state index in [0.717, 1.165) is 28.2 Å². The minimum atomic E-state index is -0.692. The minimum Gasteiger partial charge on any atom is -0.497 e. The molecule has 0 spiro atoms. The fourth-order valence-electron chi connectivity index (χ4n) is 5.70. The molecule has 2 N–H and O–H groups in total. The van der Waals surface area contributed by atoms with Crippen LogP contribution in [0.3, 0.4) is 0 Å². The number of methoxy groups -OCH3 is 2. The topological polar surface area (TPSA) is 59.6 Å². The number of amides is 1. The second-order valence-electron chi connectivity index (χ2n) is 9.62. The van der Waals surface area contributed by atoms with Crippen LogP contribution in [0.1, 0.15) is 52.4 Å². The van der Waals surface area contributed by atoms with Gasteiger partial charge in [-0.1, -0.05) is 6.42 Å². The average Bonchev–Trinajstić information content (AvgIpc) is 2.93. The Kier molecular flexibility index (Phi) is 6.03. The fourth-order valence-corrected chi connectivity index (χ4v) is 6.59. The van der Waals surface area contributed by atoms with Crippen LogP contribution < -0.4 is 19.5 Å². The van der Waals surface area contributed by atoms with Crippen molar-refractivity contribution in [1.82, 2.24) is 10.0 Å². The molecular formula is C23H34N2O3S. The number of fused-ring (bicyclic) bond motifs is 1. The molecule has 1 aromatic rings. The largest absolute Gasteiger partial charge is 0.497 e. The number of ether oxygens (including phenoxy) is 2. The Morgan fingerprint density at radius 2 is 1.79 bits per heavy atom. The lowest BCUT2D eigenvalue weighted by Gasteiger charge is -2.45. The van der Waals surface area contributed by atoms with Gasteiger partial charge in [0, 0.05) is 6.04 Å². The zero-order chi connectivity index (χ0) is 20.6. The maximum atomic E-state index is 13.2. The van der Waals surface area contributed by atoms with Crippen molar-refractivity contribution >= 4 is 17.9 Å². The average molecular weight is 419 g/mol. The molecule has 29 heavy (non-hydrogen) atoms. The molecular weight excluding hydrogens is 384 g/mol. The van der Waals surface area contributed by atoms with E-state index in [4.69, 9.17) is 9.47 Å². The summed E-state index contributed by atoms with van der Waals surface area (Å²) in [6, 6.07) is 6.03. The van der Waals surface area contributed by atoms with Crippen molar-refractivity contribution in [2.75, 3.05) is 14.2 Å². The molecule has 1 amide bonds. The molecule has 0 radical (unpaired) electrons. The lowest BCUT2D eigenvalue weighted by molar-refractivity contribution is -0.128. The van der Waals surface area contributed by atoms with E-state index in [2.05, 4.69) is 10.0 Å². The summed E-state index contributed by atoms with van der Waals surface area (Å²) in [5.41, 5.74) is -0.692. The summed E-state index contributed by atoms with van der Waals surface area (Å²) in [6.07, 6.45) is 7.99. The molecule has 0 heterocycles. The van der Waals surface area contributed by atoms with Crippen LogP contribution >= 0.6 is 11.9 Å². The van der Waals surface area contributed by atoms with Crippen molar-refractivity contribution in [2.24, 2.45) is 23.7 Å². The number of carbonyl (C=O) groups excluding carboxylic acids is 1. The number of hydrogen-bond donors (Lipinski definition) is 2. The second-order valence-corrected chi connectivity index (χ2v) is 10.5. The molecule has 0 aromatic heterocycles. The lowest BCUT2D eigenvalue weighted by Crippen LogP contribution is -2.57. The summed E-state index contributed by atoms with van der Waals surface area (Å²) in [5.74, 6) is 4.75. The highest BCUT2D eigenvalue weighted by Crippen LogP contribution is 2.51. The number of carbonyl (C=O) groups is 1. The van der Waals surface area contributed by atoms with Gasteiger partial charge >= 0.3 is 0 Å². The zero-order valence-electron chi connectivity index (χ0n) is 18.0. The third kappa shape index (κ3) is 4.38. The molecule has 4 bridgehead atoms. The summed E-state index contributed by atoms with van der Waals surface area (Å²) < 4.78 is 14.1. The first-order chi connectivity index (χ1) is 13.9. The molecule has 0 saturated heterocycles. The Labute approximate surface area is 178 Å². The fraction of sp³-hybridized carbons (Fsp3) is 0.696. The van der Waals surface area contributed by atoms with Gasteiger partial charge < -0.3 is 14.8 Å². The summed E-state index contributed by atoms with van der Waals surface area (Å²) >= 11 is 1.42. The number of nitrogens with one attached hydrogen (secondary N) is 2. The summed E-state index contributed by atoms with van der Waals surface area (Å²) in [6.45, 7) is 3.90. The summed E-state index contributed by atoms with van der Waals surface area (Å²) in [7, 11) is 3.30. The molecule has 5 unspecified atom stereocenters. The Balaban J connectivity index is 1.41. The van der Waals surface area contributed by atoms with E-state index in [1.165, 1.54) is 50.5 Å². The Bertz CT molecular complexity index is 746. The van der Waals surface area contributed by atoms with Gasteiger partial charge in [-0.05, 0) is 99.8 Å². The van der Waals surface area contributed by atoms with Crippen molar-refractivity contribution in [1.29, 1.82) is 0 Å². The lowest BCUT2D eigenvalue weighted by atomic mass is 9.65. The van der Waals surface area contributed by atoms with E-state index in [-0.39, 0.29) is 5.91 Å². The van der Waals surface area contributed by atoms with Crippen LogP contribution in [0.15, 0.2) is 23.1 Å². The van der Waals surface area contributed by atoms with E-state index in [9.17, 15) is 4.79 Å². The van der Waals surface area contributed by atoms with Crippen molar-refractivity contribution in [3.05, 3.63) is 18.2 Å². The van der Waals surface area contributed by atoms with Gasteiger partial charge in [-0.3, -0.25) is 4.79 Å². The van der Waals surface area contributed by atoms with Gasteiger partial charge in [-0.25, -0.2) is 4.72 Å². The summed E-state index contributed by atoms with van der Waals surface area (Å²) in [5, 5.41) is 3.46. The number of benzene rings is 1. The highest BCUT2D eigenvalue weighted by Gasteiger charge is 2.46. The quantitative estimate of drug-likeness (QED) is 0.643. The van der Waals surface area contributed by atoms with Crippen LogP contribution in [-0.4, -0.2) is 31.7 Å². The van der Waals surface area contributed by atoms with Gasteiger partial charge in [0.15, 0.2) is 0 Å². The van der Waals surface area contributed by atoms with Crippen LogP contribution in [-0.2, 0) is 4.79 Å². The second kappa shape index (κ2) is 8.38. The predicted molar refractivity (Wildman–Crippen MR) is 116 cm³/mol. The molecule has 5 nitrogen and oxygen atoms in total. The predicted octanol–water partition coefficient (Wildman–Crippen LogP) is 4.41. The third-order valence-electron chi connectivity index (χ3n) is 7.19. The van der Waals surface area contributed by atoms with E-state index < -0.39 is 5.54 Å². The molecule has 5 rings (SSSR count). The molecule has 1 aromatic carbocycles. The molecule has 4 aliphatic carbocycles. The van der Waals surface area contributed by atoms with Gasteiger partial charge in [-0.15, -0.1) is 0 Å².